The lowest BCUT2D eigenvalue weighted by molar-refractivity contribution is -0.135. The first kappa shape index (κ1) is 24.7. The first-order valence-corrected chi connectivity index (χ1v) is 18.2. The fraction of sp³-hybridized carbons (Fsp3) is 1.00. The molecule has 0 aromatic rings. The molecule has 12 unspecified atom stereocenters. The number of nitrogens with zero attached hydrogens (tertiary/aromatic N) is 1. The fourth-order valence-corrected chi connectivity index (χ4v) is 14.1. The summed E-state index contributed by atoms with van der Waals surface area (Å²) in [4.78, 5) is 3.51. The molecule has 8 aliphatic carbocycles. The molecule has 0 spiro atoms. The van der Waals surface area contributed by atoms with E-state index in [4.69, 9.17) is 0 Å². The van der Waals surface area contributed by atoms with E-state index < -0.39 is 0 Å². The van der Waals surface area contributed by atoms with E-state index >= 15 is 0 Å². The van der Waals surface area contributed by atoms with Crippen molar-refractivity contribution in [2.45, 2.75) is 166 Å². The minimum Gasteiger partial charge on any atom is -0.294 e. The van der Waals surface area contributed by atoms with Gasteiger partial charge < -0.3 is 0 Å². The van der Waals surface area contributed by atoms with Crippen molar-refractivity contribution in [1.29, 1.82) is 0 Å². The maximum atomic E-state index is 3.51. The minimum atomic E-state index is 0.951. The number of fused-ring (bicyclic) bond motifs is 6. The van der Waals surface area contributed by atoms with Crippen molar-refractivity contribution in [3.05, 3.63) is 0 Å². The molecule has 208 valence electrons. The summed E-state index contributed by atoms with van der Waals surface area (Å²) in [6.45, 7) is 0. The van der Waals surface area contributed by atoms with Gasteiger partial charge in [0.15, 0.2) is 0 Å². The van der Waals surface area contributed by atoms with Crippen molar-refractivity contribution >= 4 is 0 Å². The predicted octanol–water partition coefficient (Wildman–Crippen LogP) is 9.64. The van der Waals surface area contributed by atoms with Crippen LogP contribution in [-0.4, -0.2) is 23.0 Å². The van der Waals surface area contributed by atoms with Crippen molar-refractivity contribution in [1.82, 2.24) is 4.90 Å². The van der Waals surface area contributed by atoms with Crippen LogP contribution in [0.3, 0.4) is 0 Å². The quantitative estimate of drug-likeness (QED) is 0.369. The van der Waals surface area contributed by atoms with E-state index in [9.17, 15) is 0 Å². The van der Waals surface area contributed by atoms with Crippen molar-refractivity contribution < 1.29 is 0 Å². The predicted molar refractivity (Wildman–Crippen MR) is 154 cm³/mol. The molecule has 37 heavy (non-hydrogen) atoms. The molecule has 8 saturated carbocycles. The number of rotatable bonds is 3. The summed E-state index contributed by atoms with van der Waals surface area (Å²) < 4.78 is 0. The molecule has 0 radical (unpaired) electrons. The van der Waals surface area contributed by atoms with Crippen LogP contribution in [0.5, 0.6) is 0 Å². The molecular weight excluding hydrogens is 446 g/mol. The minimum absolute atomic E-state index is 0.951. The third-order valence-corrected chi connectivity index (χ3v) is 14.9. The zero-order valence-electron chi connectivity index (χ0n) is 24.2. The Labute approximate surface area is 229 Å². The molecule has 0 bridgehead atoms. The van der Waals surface area contributed by atoms with Gasteiger partial charge in [0.2, 0.25) is 0 Å². The molecule has 12 atom stereocenters. The van der Waals surface area contributed by atoms with Gasteiger partial charge in [-0.3, -0.25) is 4.90 Å². The maximum Gasteiger partial charge on any atom is 0.0163 e. The van der Waals surface area contributed by atoms with Gasteiger partial charge in [-0.05, 0) is 123 Å². The van der Waals surface area contributed by atoms with Gasteiger partial charge in [-0.15, -0.1) is 0 Å². The Kier molecular flexibility index (Phi) is 6.96. The summed E-state index contributed by atoms with van der Waals surface area (Å²) >= 11 is 0. The van der Waals surface area contributed by atoms with Crippen LogP contribution in [0.25, 0.3) is 0 Å². The van der Waals surface area contributed by atoms with E-state index in [0.717, 1.165) is 77.3 Å². The molecule has 0 amide bonds. The van der Waals surface area contributed by atoms with Gasteiger partial charge in [0.1, 0.15) is 0 Å². The smallest absolute Gasteiger partial charge is 0.0163 e. The Bertz CT molecular complexity index is 782. The van der Waals surface area contributed by atoms with Crippen LogP contribution < -0.4 is 0 Å². The Morgan fingerprint density at radius 3 is 1.59 bits per heavy atom. The van der Waals surface area contributed by atoms with Gasteiger partial charge in [-0.25, -0.2) is 0 Å². The van der Waals surface area contributed by atoms with E-state index in [1.165, 1.54) is 19.3 Å². The third-order valence-electron chi connectivity index (χ3n) is 14.9. The molecule has 8 rings (SSSR count). The molecule has 8 aliphatic rings. The first-order chi connectivity index (χ1) is 18.4. The van der Waals surface area contributed by atoms with Crippen LogP contribution in [0.1, 0.15) is 148 Å². The Morgan fingerprint density at radius 1 is 0.324 bits per heavy atom. The molecule has 0 aromatic heterocycles. The van der Waals surface area contributed by atoms with Crippen molar-refractivity contribution in [2.24, 2.45) is 59.2 Å². The summed E-state index contributed by atoms with van der Waals surface area (Å²) in [6, 6.07) is 2.91. The van der Waals surface area contributed by atoms with E-state index in [1.807, 2.05) is 0 Å². The second-order valence-corrected chi connectivity index (χ2v) is 16.1. The van der Waals surface area contributed by atoms with Crippen LogP contribution in [-0.2, 0) is 0 Å². The largest absolute Gasteiger partial charge is 0.294 e. The lowest BCUT2D eigenvalue weighted by Crippen LogP contribution is -2.65. The zero-order valence-corrected chi connectivity index (χ0v) is 24.2. The Hall–Kier alpha value is -0.0400. The summed E-state index contributed by atoms with van der Waals surface area (Å²) in [6.07, 6.45) is 36.3. The Morgan fingerprint density at radius 2 is 0.811 bits per heavy atom. The summed E-state index contributed by atoms with van der Waals surface area (Å²) in [5.74, 6) is 11.2. The molecule has 0 aliphatic heterocycles. The lowest BCUT2D eigenvalue weighted by Gasteiger charge is -2.62. The van der Waals surface area contributed by atoms with Gasteiger partial charge >= 0.3 is 0 Å². The fourth-order valence-electron chi connectivity index (χ4n) is 14.1. The topological polar surface area (TPSA) is 3.24 Å². The highest BCUT2D eigenvalue weighted by molar-refractivity contribution is 5.14. The average molecular weight is 506 g/mol. The SMILES string of the molecule is C1CCC(N(C2CCCC3CCCCC32)C2C3CCCCC3C3C4CCCCC4C4CCCC2C43)CC1. The molecule has 0 saturated heterocycles. The standard InChI is InChI=1S/C36H59N/c1-2-14-25(15-3-1)37(33-23-10-13-24-12-4-5-16-26(24)33)36-31-20-9-8-19-30(31)34-28-18-7-6-17-27(28)29-21-11-22-32(36)35(29)34/h24-36H,1-23H2. The molecule has 0 aromatic carbocycles. The molecule has 8 fully saturated rings. The van der Waals surface area contributed by atoms with Gasteiger partial charge in [-0.2, -0.15) is 0 Å². The molecule has 1 heteroatoms. The van der Waals surface area contributed by atoms with Gasteiger partial charge in [0, 0.05) is 18.1 Å². The zero-order chi connectivity index (χ0) is 24.3. The highest BCUT2D eigenvalue weighted by Gasteiger charge is 2.64. The molecule has 1 nitrogen and oxygen atoms in total. The monoisotopic (exact) mass is 505 g/mol. The maximum absolute atomic E-state index is 3.51. The van der Waals surface area contributed by atoms with E-state index in [1.54, 1.807) is 128 Å². The molecule has 0 heterocycles. The number of hydrogen-bond acceptors (Lipinski definition) is 1. The summed E-state index contributed by atoms with van der Waals surface area (Å²) in [7, 11) is 0. The van der Waals surface area contributed by atoms with Gasteiger partial charge in [0.25, 0.3) is 0 Å². The normalized spacial score (nSPS) is 52.1. The average Bonchev–Trinajstić information content (AvgIpc) is 3.31. The lowest BCUT2D eigenvalue weighted by atomic mass is 9.51. The second-order valence-electron chi connectivity index (χ2n) is 16.1. The van der Waals surface area contributed by atoms with Crippen LogP contribution in [0.2, 0.25) is 0 Å². The van der Waals surface area contributed by atoms with E-state index in [0.29, 0.717) is 0 Å². The molecular formula is C36H59N. The van der Waals surface area contributed by atoms with E-state index in [-0.39, 0.29) is 0 Å². The highest BCUT2D eigenvalue weighted by Crippen LogP contribution is 2.68. The highest BCUT2D eigenvalue weighted by atomic mass is 15.2. The van der Waals surface area contributed by atoms with Crippen LogP contribution in [0.15, 0.2) is 0 Å². The Balaban J connectivity index is 1.21. The van der Waals surface area contributed by atoms with Crippen molar-refractivity contribution in [3.8, 4) is 0 Å². The third kappa shape index (κ3) is 4.07. The van der Waals surface area contributed by atoms with Crippen LogP contribution >= 0.6 is 0 Å². The molecule has 0 N–H and O–H groups in total. The van der Waals surface area contributed by atoms with Crippen molar-refractivity contribution in [3.63, 3.8) is 0 Å². The van der Waals surface area contributed by atoms with E-state index in [2.05, 4.69) is 4.90 Å². The van der Waals surface area contributed by atoms with Gasteiger partial charge in [0.05, 0.1) is 0 Å². The summed E-state index contributed by atoms with van der Waals surface area (Å²) in [5, 5.41) is 0. The van der Waals surface area contributed by atoms with Crippen molar-refractivity contribution in [2.75, 3.05) is 0 Å². The summed E-state index contributed by atoms with van der Waals surface area (Å²) in [5.41, 5.74) is 0. The second kappa shape index (κ2) is 10.4. The van der Waals surface area contributed by atoms with Crippen LogP contribution in [0.4, 0.5) is 0 Å². The first-order valence-electron chi connectivity index (χ1n) is 18.2. The van der Waals surface area contributed by atoms with Crippen LogP contribution in [0, 0.1) is 59.2 Å². The van der Waals surface area contributed by atoms with Gasteiger partial charge in [-0.1, -0.05) is 83.5 Å². The number of hydrogen-bond donors (Lipinski definition) is 0.